The Kier molecular flexibility index (Phi) is 7.22. The van der Waals surface area contributed by atoms with Crippen LogP contribution in [-0.2, 0) is 11.8 Å². The lowest BCUT2D eigenvalue weighted by atomic mass is 10.2. The summed E-state index contributed by atoms with van der Waals surface area (Å²) in [5.74, 6) is 0. The van der Waals surface area contributed by atoms with E-state index in [4.69, 9.17) is 28.0 Å². The lowest BCUT2D eigenvalue weighted by molar-refractivity contribution is -0.106. The monoisotopic (exact) mass is 313 g/mol. The summed E-state index contributed by atoms with van der Waals surface area (Å²) in [4.78, 5) is 8.58. The van der Waals surface area contributed by atoms with Gasteiger partial charge in [0.1, 0.15) is 4.34 Å². The minimum absolute atomic E-state index is 0. The summed E-state index contributed by atoms with van der Waals surface area (Å²) in [6, 6.07) is 1.94. The fraction of sp³-hybridized carbons (Fsp3) is 0.111. The van der Waals surface area contributed by atoms with Crippen LogP contribution in [0.25, 0.3) is 11.3 Å². The third-order valence-corrected chi connectivity index (χ3v) is 3.21. The molecule has 0 aromatic carbocycles. The van der Waals surface area contributed by atoms with Gasteiger partial charge in [0.15, 0.2) is 0 Å². The molecule has 2 heterocycles. The Morgan fingerprint density at radius 2 is 2.12 bits per heavy atom. The van der Waals surface area contributed by atoms with E-state index in [1.807, 2.05) is 18.5 Å². The highest BCUT2D eigenvalue weighted by Gasteiger charge is 2.12. The summed E-state index contributed by atoms with van der Waals surface area (Å²) in [6.07, 6.45) is 1.87. The quantitative estimate of drug-likeness (QED) is 0.823. The molecule has 0 fully saturated rings. The zero-order valence-electron chi connectivity index (χ0n) is 8.76. The molecular weight excluding hydrogens is 305 g/mol. The molecular formula is C9H10Cl3N3OS. The molecule has 2 aromatic rings. The van der Waals surface area contributed by atoms with Gasteiger partial charge in [-0.05, 0) is 11.4 Å². The average molecular weight is 315 g/mol. The number of nitrogens with zero attached hydrogens (tertiary/aromatic N) is 2. The van der Waals surface area contributed by atoms with Gasteiger partial charge in [0.25, 0.3) is 0 Å². The van der Waals surface area contributed by atoms with Crippen molar-refractivity contribution in [1.29, 1.82) is 0 Å². The molecule has 0 aliphatic rings. The molecule has 2 aromatic heterocycles. The van der Waals surface area contributed by atoms with E-state index in [1.165, 1.54) is 11.3 Å². The summed E-state index contributed by atoms with van der Waals surface area (Å²) in [6.45, 7) is 0. The predicted octanol–water partition coefficient (Wildman–Crippen LogP) is 2.98. The largest absolute Gasteiger partial charge is 0.372 e. The molecule has 0 aliphatic heterocycles. The molecule has 0 unspecified atom stereocenters. The van der Waals surface area contributed by atoms with Gasteiger partial charge in [0, 0.05) is 12.6 Å². The van der Waals surface area contributed by atoms with Crippen LogP contribution in [0.3, 0.4) is 0 Å². The zero-order valence-corrected chi connectivity index (χ0v) is 11.9. The molecule has 17 heavy (non-hydrogen) atoms. The van der Waals surface area contributed by atoms with Crippen molar-refractivity contribution in [1.82, 2.24) is 9.78 Å². The van der Waals surface area contributed by atoms with Gasteiger partial charge in [-0.1, -0.05) is 23.2 Å². The van der Waals surface area contributed by atoms with Gasteiger partial charge >= 0.3 is 0 Å². The number of aryl methyl sites for hydroxylation is 1. The van der Waals surface area contributed by atoms with E-state index in [-0.39, 0.29) is 18.8 Å². The van der Waals surface area contributed by atoms with E-state index in [1.54, 1.807) is 10.9 Å². The third-order valence-electron chi connectivity index (χ3n) is 1.77. The molecule has 0 saturated carbocycles. The second-order valence-electron chi connectivity index (χ2n) is 2.71. The molecule has 0 radical (unpaired) electrons. The van der Waals surface area contributed by atoms with Gasteiger partial charge in [-0.3, -0.25) is 9.48 Å². The maximum Gasteiger partial charge on any atom is 0.204 e. The Morgan fingerprint density at radius 3 is 2.47 bits per heavy atom. The summed E-state index contributed by atoms with van der Waals surface area (Å²) in [5, 5.41) is 6.60. The highest BCUT2D eigenvalue weighted by molar-refractivity contribution is 7.15. The molecule has 94 valence electrons. The number of aromatic nitrogens is 2. The molecule has 0 atom stereocenters. The van der Waals surface area contributed by atoms with Crippen LogP contribution in [0.1, 0.15) is 0 Å². The van der Waals surface area contributed by atoms with Crippen LogP contribution in [0, 0.1) is 0 Å². The van der Waals surface area contributed by atoms with Crippen molar-refractivity contribution >= 4 is 53.4 Å². The zero-order chi connectivity index (χ0) is 12.1. The van der Waals surface area contributed by atoms with Crippen molar-refractivity contribution in [2.75, 3.05) is 0 Å². The lowest BCUT2D eigenvalue weighted by Gasteiger charge is -1.99. The number of carbonyl (C=O) groups is 1. The molecule has 1 amide bonds. The second-order valence-corrected chi connectivity index (χ2v) is 4.63. The van der Waals surface area contributed by atoms with Crippen LogP contribution >= 0.6 is 46.9 Å². The normalized spacial score (nSPS) is 8.88. The topological polar surface area (TPSA) is 60.9 Å². The number of carbonyl (C=O) groups excluding carboxylic acids is 1. The van der Waals surface area contributed by atoms with E-state index < -0.39 is 0 Å². The summed E-state index contributed by atoms with van der Waals surface area (Å²) in [5.41, 5.74) is 5.98. The van der Waals surface area contributed by atoms with Gasteiger partial charge in [-0.15, -0.1) is 23.7 Å². The lowest BCUT2D eigenvalue weighted by Crippen LogP contribution is -1.92. The predicted molar refractivity (Wildman–Crippen MR) is 74.0 cm³/mol. The van der Waals surface area contributed by atoms with E-state index >= 15 is 0 Å². The maximum absolute atomic E-state index is 8.58. The molecule has 0 saturated heterocycles. The van der Waals surface area contributed by atoms with Crippen LogP contribution in [0.4, 0.5) is 0 Å². The van der Waals surface area contributed by atoms with Gasteiger partial charge in [-0.25, -0.2) is 0 Å². The summed E-state index contributed by atoms with van der Waals surface area (Å²) >= 11 is 13.5. The molecule has 4 nitrogen and oxygen atoms in total. The SMILES string of the molecule is Cl.Cn1ncc(Cl)c1-c1ccsc1Cl.NC=O. The van der Waals surface area contributed by atoms with Crippen LogP contribution in [0.15, 0.2) is 17.6 Å². The number of nitrogens with two attached hydrogens (primary N) is 1. The first-order chi connectivity index (χ1) is 7.61. The standard InChI is InChI=1S/C8H6Cl2N2S.CH3NO.ClH/c1-12-7(6(9)4-11-12)5-2-3-13-8(5)10;2-1-3;/h2-4H,1H3;1H,(H2,2,3);1H. The van der Waals surface area contributed by atoms with Crippen molar-refractivity contribution in [2.24, 2.45) is 12.8 Å². The smallest absolute Gasteiger partial charge is 0.204 e. The van der Waals surface area contributed by atoms with Crippen LogP contribution in [0.5, 0.6) is 0 Å². The van der Waals surface area contributed by atoms with Gasteiger partial charge in [0.05, 0.1) is 16.9 Å². The number of primary amides is 1. The van der Waals surface area contributed by atoms with Gasteiger partial charge in [-0.2, -0.15) is 5.10 Å². The van der Waals surface area contributed by atoms with E-state index in [9.17, 15) is 0 Å². The number of rotatable bonds is 1. The Labute approximate surface area is 119 Å². The molecule has 0 bridgehead atoms. The minimum Gasteiger partial charge on any atom is -0.372 e. The fourth-order valence-electron chi connectivity index (χ4n) is 1.18. The highest BCUT2D eigenvalue weighted by atomic mass is 35.5. The molecule has 2 N–H and O–H groups in total. The number of amides is 1. The molecule has 0 aliphatic carbocycles. The van der Waals surface area contributed by atoms with E-state index in [0.29, 0.717) is 5.02 Å². The summed E-state index contributed by atoms with van der Waals surface area (Å²) in [7, 11) is 1.84. The number of halogens is 3. The van der Waals surface area contributed by atoms with Crippen molar-refractivity contribution in [3.63, 3.8) is 0 Å². The first-order valence-electron chi connectivity index (χ1n) is 4.18. The van der Waals surface area contributed by atoms with Crippen LogP contribution in [0.2, 0.25) is 9.36 Å². The first-order valence-corrected chi connectivity index (χ1v) is 5.81. The highest BCUT2D eigenvalue weighted by Crippen LogP contribution is 2.35. The maximum atomic E-state index is 8.58. The Hall–Kier alpha value is -0.750. The molecule has 8 heteroatoms. The minimum atomic E-state index is 0. The third kappa shape index (κ3) is 3.89. The van der Waals surface area contributed by atoms with Crippen LogP contribution in [-0.4, -0.2) is 16.2 Å². The Balaban J connectivity index is 0.000000583. The number of hydrogen-bond acceptors (Lipinski definition) is 3. The Bertz CT molecular complexity index is 464. The van der Waals surface area contributed by atoms with Crippen molar-refractivity contribution in [2.45, 2.75) is 0 Å². The van der Waals surface area contributed by atoms with Crippen LogP contribution < -0.4 is 5.73 Å². The first kappa shape index (κ1) is 16.2. The second kappa shape index (κ2) is 7.55. The van der Waals surface area contributed by atoms with E-state index in [0.717, 1.165) is 15.6 Å². The number of hydrogen-bond donors (Lipinski definition) is 1. The fourth-order valence-corrected chi connectivity index (χ4v) is 2.37. The van der Waals surface area contributed by atoms with Crippen molar-refractivity contribution < 1.29 is 4.79 Å². The Morgan fingerprint density at radius 1 is 1.53 bits per heavy atom. The molecule has 2 rings (SSSR count). The summed E-state index contributed by atoms with van der Waals surface area (Å²) < 4.78 is 2.46. The number of thiophene rings is 1. The van der Waals surface area contributed by atoms with Crippen molar-refractivity contribution in [3.8, 4) is 11.3 Å². The average Bonchev–Trinajstić information content (AvgIpc) is 2.76. The van der Waals surface area contributed by atoms with E-state index in [2.05, 4.69) is 10.8 Å². The molecule has 0 spiro atoms. The van der Waals surface area contributed by atoms with Gasteiger partial charge in [0.2, 0.25) is 6.41 Å². The van der Waals surface area contributed by atoms with Gasteiger partial charge < -0.3 is 5.73 Å². The van der Waals surface area contributed by atoms with Crippen molar-refractivity contribution in [3.05, 3.63) is 27.0 Å².